The van der Waals surface area contributed by atoms with Gasteiger partial charge in [-0.05, 0) is 42.4 Å². The van der Waals surface area contributed by atoms with Gasteiger partial charge in [0.15, 0.2) is 0 Å². The second kappa shape index (κ2) is 14.8. The molecule has 2 aromatic carbocycles. The molecule has 184 valence electrons. The second-order valence-corrected chi connectivity index (χ2v) is 8.57. The van der Waals surface area contributed by atoms with E-state index in [0.29, 0.717) is 12.0 Å². The van der Waals surface area contributed by atoms with Crippen LogP contribution in [-0.2, 0) is 19.7 Å². The molecule has 0 amide bonds. The summed E-state index contributed by atoms with van der Waals surface area (Å²) in [7, 11) is 2.11. The van der Waals surface area contributed by atoms with Gasteiger partial charge in [0.2, 0.25) is 0 Å². The number of aromatic hydroxyl groups is 2. The fraction of sp³-hybridized carbons (Fsp3) is 0.480. The zero-order valence-electron chi connectivity index (χ0n) is 19.8. The molecule has 2 aliphatic heterocycles. The molecule has 2 saturated heterocycles. The number of hydrogen-bond acceptors (Lipinski definition) is 6. The van der Waals surface area contributed by atoms with Gasteiger partial charge in [-0.2, -0.15) is 0 Å². The number of carboxylic acid groups (broad SMARTS) is 1. The number of likely N-dealkylation sites (N-methyl/N-ethyl adjacent to an activating group) is 1. The molecule has 33 heavy (non-hydrogen) atoms. The lowest BCUT2D eigenvalue weighted by molar-refractivity contribution is -0.134. The van der Waals surface area contributed by atoms with E-state index in [2.05, 4.69) is 25.8 Å². The zero-order valence-corrected chi connectivity index (χ0v) is 20.6. The average molecular weight is 482 g/mol. The number of aliphatic carboxylic acids is 1. The molecule has 2 aliphatic rings. The lowest BCUT2D eigenvalue weighted by Crippen LogP contribution is -2.32. The molecule has 0 aliphatic carbocycles. The number of phenols is 2. The first kappa shape index (κ1) is 28.7. The standard InChI is InChI=1S/C15H16O2.C5H11NO.C3H5ClO.C2H4O2/c1-15(2,11-3-7-13(16)8-4-11)12-5-9-14(17)10-6-12;1-6-2-4-7-5-3-6;4-1-3-2-5-3;1-2(3)4/h3-10,16-17H,1-2H3;2-5H2,1H3;3H,1-2H2;1H3,(H,3,4). The Kier molecular flexibility index (Phi) is 12.8. The molecule has 2 heterocycles. The van der Waals surface area contributed by atoms with Crippen LogP contribution in [0.25, 0.3) is 0 Å². The number of carbonyl (C=O) groups is 1. The monoisotopic (exact) mass is 481 g/mol. The van der Waals surface area contributed by atoms with Gasteiger partial charge in [-0.15, -0.1) is 11.6 Å². The summed E-state index contributed by atoms with van der Waals surface area (Å²) in [4.78, 5) is 11.3. The number of rotatable bonds is 3. The van der Waals surface area contributed by atoms with Crippen molar-refractivity contribution in [1.29, 1.82) is 0 Å². The van der Waals surface area contributed by atoms with Gasteiger partial charge in [-0.3, -0.25) is 4.79 Å². The molecule has 1 unspecified atom stereocenters. The SMILES string of the molecule is CC(=O)O.CC(C)(c1ccc(O)cc1)c1ccc(O)cc1.CN1CCOCC1.ClCC1CO1. The maximum atomic E-state index is 9.30. The van der Waals surface area contributed by atoms with Crippen LogP contribution < -0.4 is 0 Å². The third-order valence-electron chi connectivity index (χ3n) is 4.99. The van der Waals surface area contributed by atoms with Crippen LogP contribution in [0.1, 0.15) is 31.9 Å². The van der Waals surface area contributed by atoms with Crippen LogP contribution >= 0.6 is 11.6 Å². The second-order valence-electron chi connectivity index (χ2n) is 8.26. The van der Waals surface area contributed by atoms with Gasteiger partial charge in [0, 0.05) is 25.4 Å². The summed E-state index contributed by atoms with van der Waals surface area (Å²) in [5.74, 6) is 0.380. The van der Waals surface area contributed by atoms with Gasteiger partial charge in [-0.1, -0.05) is 38.1 Å². The molecule has 0 bridgehead atoms. The van der Waals surface area contributed by atoms with Crippen LogP contribution in [0.5, 0.6) is 11.5 Å². The van der Waals surface area contributed by atoms with Gasteiger partial charge in [0.05, 0.1) is 31.8 Å². The van der Waals surface area contributed by atoms with Crippen molar-refractivity contribution in [3.05, 3.63) is 59.7 Å². The molecule has 0 spiro atoms. The topological polar surface area (TPSA) is 103 Å². The van der Waals surface area contributed by atoms with Gasteiger partial charge < -0.3 is 29.7 Å². The van der Waals surface area contributed by atoms with E-state index in [1.165, 1.54) is 0 Å². The molecule has 8 heteroatoms. The lowest BCUT2D eigenvalue weighted by atomic mass is 9.78. The minimum absolute atomic E-state index is 0.151. The molecule has 0 aromatic heterocycles. The summed E-state index contributed by atoms with van der Waals surface area (Å²) in [5, 5.41) is 26.0. The Bertz CT molecular complexity index is 749. The fourth-order valence-electron chi connectivity index (χ4n) is 2.73. The van der Waals surface area contributed by atoms with E-state index >= 15 is 0 Å². The maximum Gasteiger partial charge on any atom is 0.300 e. The predicted octanol–water partition coefficient (Wildman–Crippen LogP) is 4.09. The Labute approximate surface area is 201 Å². The van der Waals surface area contributed by atoms with Crippen LogP contribution in [0, 0.1) is 0 Å². The number of morpholine rings is 1. The highest BCUT2D eigenvalue weighted by Gasteiger charge is 2.22. The molecular formula is C25H36ClNO6. The molecule has 1 atom stereocenters. The van der Waals surface area contributed by atoms with Crippen molar-refractivity contribution in [2.24, 2.45) is 0 Å². The molecule has 0 radical (unpaired) electrons. The van der Waals surface area contributed by atoms with E-state index in [1.54, 1.807) is 24.3 Å². The van der Waals surface area contributed by atoms with Crippen LogP contribution in [0.15, 0.2) is 48.5 Å². The van der Waals surface area contributed by atoms with Crippen LogP contribution in [0.2, 0.25) is 0 Å². The van der Waals surface area contributed by atoms with Crippen LogP contribution in [-0.4, -0.2) is 78.1 Å². The van der Waals surface area contributed by atoms with Crippen molar-refractivity contribution in [1.82, 2.24) is 4.90 Å². The Morgan fingerprint density at radius 1 is 1.00 bits per heavy atom. The Balaban J connectivity index is 0.000000277. The first-order valence-electron chi connectivity index (χ1n) is 10.8. The fourth-order valence-corrected chi connectivity index (χ4v) is 2.91. The Hall–Kier alpha value is -2.32. The first-order chi connectivity index (χ1) is 15.6. The summed E-state index contributed by atoms with van der Waals surface area (Å²) in [6, 6.07) is 14.4. The lowest BCUT2D eigenvalue weighted by Gasteiger charge is -2.26. The van der Waals surface area contributed by atoms with Gasteiger partial charge in [-0.25, -0.2) is 0 Å². The number of hydrogen-bond donors (Lipinski definition) is 3. The molecular weight excluding hydrogens is 446 g/mol. The highest BCUT2D eigenvalue weighted by atomic mass is 35.5. The number of benzene rings is 2. The number of halogens is 1. The normalized spacial score (nSPS) is 17.2. The van der Waals surface area contributed by atoms with Crippen LogP contribution in [0.3, 0.4) is 0 Å². The number of ether oxygens (including phenoxy) is 2. The van der Waals surface area contributed by atoms with E-state index in [1.807, 2.05) is 24.3 Å². The highest BCUT2D eigenvalue weighted by Crippen LogP contribution is 2.32. The van der Waals surface area contributed by atoms with E-state index in [9.17, 15) is 10.2 Å². The van der Waals surface area contributed by atoms with Crippen molar-refractivity contribution < 1.29 is 29.6 Å². The molecule has 0 saturated carbocycles. The summed E-state index contributed by atoms with van der Waals surface area (Å²) < 4.78 is 9.82. The molecule has 7 nitrogen and oxygen atoms in total. The smallest absolute Gasteiger partial charge is 0.300 e. The number of alkyl halides is 1. The van der Waals surface area contributed by atoms with E-state index in [4.69, 9.17) is 31.0 Å². The van der Waals surface area contributed by atoms with Crippen molar-refractivity contribution in [2.75, 3.05) is 45.8 Å². The maximum absolute atomic E-state index is 9.30. The summed E-state index contributed by atoms with van der Waals surface area (Å²) >= 11 is 5.27. The van der Waals surface area contributed by atoms with Gasteiger partial charge in [0.25, 0.3) is 5.97 Å². The highest BCUT2D eigenvalue weighted by molar-refractivity contribution is 6.18. The number of carboxylic acids is 1. The summed E-state index contributed by atoms with van der Waals surface area (Å²) in [5.41, 5.74) is 2.10. The largest absolute Gasteiger partial charge is 0.508 e. The van der Waals surface area contributed by atoms with Crippen LogP contribution in [0.4, 0.5) is 0 Å². The van der Waals surface area contributed by atoms with Gasteiger partial charge in [0.1, 0.15) is 11.5 Å². The Morgan fingerprint density at radius 2 is 1.36 bits per heavy atom. The minimum atomic E-state index is -0.833. The zero-order chi connectivity index (χ0) is 24.9. The summed E-state index contributed by atoms with van der Waals surface area (Å²) in [6.45, 7) is 10.2. The van der Waals surface area contributed by atoms with E-state index in [-0.39, 0.29) is 16.9 Å². The molecule has 2 aromatic rings. The molecule has 3 N–H and O–H groups in total. The average Bonchev–Trinajstić information content (AvgIpc) is 3.60. The van der Waals surface area contributed by atoms with E-state index < -0.39 is 5.97 Å². The molecule has 2 fully saturated rings. The van der Waals surface area contributed by atoms with Crippen molar-refractivity contribution in [3.8, 4) is 11.5 Å². The minimum Gasteiger partial charge on any atom is -0.508 e. The number of nitrogens with zero attached hydrogens (tertiary/aromatic N) is 1. The summed E-state index contributed by atoms with van der Waals surface area (Å²) in [6.07, 6.45) is 0.400. The first-order valence-corrected chi connectivity index (χ1v) is 11.3. The Morgan fingerprint density at radius 3 is 1.58 bits per heavy atom. The quantitative estimate of drug-likeness (QED) is 0.448. The van der Waals surface area contributed by atoms with E-state index in [0.717, 1.165) is 51.0 Å². The van der Waals surface area contributed by atoms with Crippen molar-refractivity contribution in [3.63, 3.8) is 0 Å². The number of phenolic OH excluding ortho intramolecular Hbond substituents is 2. The van der Waals surface area contributed by atoms with Gasteiger partial charge >= 0.3 is 0 Å². The molecule has 4 rings (SSSR count). The third kappa shape index (κ3) is 12.5. The van der Waals surface area contributed by atoms with Crippen molar-refractivity contribution in [2.45, 2.75) is 32.3 Å². The predicted molar refractivity (Wildman–Crippen MR) is 130 cm³/mol. The van der Waals surface area contributed by atoms with Crippen molar-refractivity contribution >= 4 is 17.6 Å². The number of epoxide rings is 1. The third-order valence-corrected chi connectivity index (χ3v) is 5.33.